The van der Waals surface area contributed by atoms with Gasteiger partial charge in [0.05, 0.1) is 116 Å². The highest BCUT2D eigenvalue weighted by Gasteiger charge is 2.46. The van der Waals surface area contributed by atoms with Crippen molar-refractivity contribution >= 4 is 80.0 Å². The molecule has 0 aromatic rings. The quantitative estimate of drug-likeness (QED) is 0.0298. The summed E-state index contributed by atoms with van der Waals surface area (Å²) >= 11 is 20.6. The summed E-state index contributed by atoms with van der Waals surface area (Å²) in [5.41, 5.74) is -0.990. The molecule has 40 heteroatoms. The number of hydrogen-bond donors (Lipinski definition) is 13. The van der Waals surface area contributed by atoms with E-state index in [1.54, 1.807) is 6.92 Å². The number of carbonyl (C=O) groups excluding carboxylic acids is 1. The van der Waals surface area contributed by atoms with Gasteiger partial charge in [0.2, 0.25) is 5.91 Å². The molecule has 0 aliphatic carbocycles. The van der Waals surface area contributed by atoms with Gasteiger partial charge in [-0.3, -0.25) is 4.79 Å². The molecule has 20 atom stereocenters. The van der Waals surface area contributed by atoms with Gasteiger partial charge in [-0.25, -0.2) is 0 Å². The summed E-state index contributed by atoms with van der Waals surface area (Å²) in [7, 11) is 1.24. The van der Waals surface area contributed by atoms with Crippen molar-refractivity contribution in [1.82, 2.24) is 5.32 Å². The van der Waals surface area contributed by atoms with Crippen LogP contribution in [0.5, 0.6) is 0 Å². The van der Waals surface area contributed by atoms with Gasteiger partial charge in [0.25, 0.3) is 0 Å². The second-order valence-corrected chi connectivity index (χ2v) is 34.1. The van der Waals surface area contributed by atoms with Crippen molar-refractivity contribution in [3.63, 3.8) is 0 Å². The molecular formula is C53H105NO31P4S4. The Hall–Kier alpha value is 0.870. The van der Waals surface area contributed by atoms with Crippen LogP contribution in [0, 0.1) is 23.2 Å². The van der Waals surface area contributed by atoms with E-state index >= 15 is 0 Å². The Morgan fingerprint density at radius 1 is 0.409 bits per heavy atom. The number of hydrogen-bond acceptors (Lipinski definition) is 31. The molecule has 3 aliphatic rings. The number of amides is 1. The first-order valence-electron chi connectivity index (χ1n) is 31.1. The van der Waals surface area contributed by atoms with Gasteiger partial charge in [0.1, 0.15) is 36.6 Å². The summed E-state index contributed by atoms with van der Waals surface area (Å²) in [6.07, 6.45) is -7.59. The van der Waals surface area contributed by atoms with E-state index in [-0.39, 0.29) is 157 Å². The molecule has 0 radical (unpaired) electrons. The predicted molar refractivity (Wildman–Crippen MR) is 347 cm³/mol. The Morgan fingerprint density at radius 3 is 1.06 bits per heavy atom. The summed E-state index contributed by atoms with van der Waals surface area (Å²) < 4.78 is 102. The Bertz CT molecular complexity index is 2140. The lowest BCUT2D eigenvalue weighted by atomic mass is 9.86. The second-order valence-electron chi connectivity index (χ2n) is 22.7. The van der Waals surface area contributed by atoms with Crippen molar-refractivity contribution in [2.75, 3.05) is 146 Å². The highest BCUT2D eigenvalue weighted by atomic mass is 32.5. The van der Waals surface area contributed by atoms with Crippen LogP contribution in [0.3, 0.4) is 0 Å². The van der Waals surface area contributed by atoms with E-state index in [0.29, 0.717) is 44.9 Å². The van der Waals surface area contributed by atoms with E-state index in [0.717, 1.165) is 0 Å². The van der Waals surface area contributed by atoms with Crippen LogP contribution in [0.4, 0.5) is 0 Å². The van der Waals surface area contributed by atoms with Gasteiger partial charge in [-0.1, -0.05) is 20.8 Å². The van der Waals surface area contributed by atoms with Crippen LogP contribution in [0.1, 0.15) is 91.9 Å². The number of aliphatic hydroxyl groups excluding tert-OH is 8. The summed E-state index contributed by atoms with van der Waals surface area (Å²) in [6, 6.07) is -1.10. The smallest absolute Gasteiger partial charge is 0.324 e. The monoisotopic (exact) mass is 1500 g/mol. The topological polar surface area (TPSA) is 438 Å². The molecule has 552 valence electrons. The van der Waals surface area contributed by atoms with Crippen LogP contribution in [-0.2, 0) is 136 Å². The first kappa shape index (κ1) is 88.1. The van der Waals surface area contributed by atoms with Crippen molar-refractivity contribution in [3.05, 3.63) is 0 Å². The third-order valence-electron chi connectivity index (χ3n) is 14.9. The van der Waals surface area contributed by atoms with Gasteiger partial charge < -0.3 is 149 Å². The molecule has 0 saturated carbocycles. The minimum atomic E-state index is -3.70. The Morgan fingerprint density at radius 2 is 0.710 bits per heavy atom. The van der Waals surface area contributed by atoms with Crippen LogP contribution < -0.4 is 5.32 Å². The second kappa shape index (κ2) is 47.2. The zero-order chi connectivity index (χ0) is 69.1. The van der Waals surface area contributed by atoms with E-state index in [1.807, 2.05) is 13.8 Å². The fraction of sp³-hybridized carbons (Fsp3) is 0.981. The van der Waals surface area contributed by atoms with Crippen LogP contribution in [0.25, 0.3) is 0 Å². The minimum Gasteiger partial charge on any atom is -0.394 e. The molecule has 13 N–H and O–H groups in total. The third kappa shape index (κ3) is 35.1. The van der Waals surface area contributed by atoms with Gasteiger partial charge in [-0.2, -0.15) is 0 Å². The summed E-state index contributed by atoms with van der Waals surface area (Å²) in [6.45, 7) is -8.00. The molecule has 3 rings (SSSR count). The molecule has 3 aliphatic heterocycles. The molecular weight excluding hydrogens is 1400 g/mol. The van der Waals surface area contributed by atoms with Crippen LogP contribution in [0.15, 0.2) is 0 Å². The minimum absolute atomic E-state index is 0.00463. The first-order valence-corrected chi connectivity index (χ1v) is 41.4. The molecule has 3 heterocycles. The molecule has 0 aromatic heterocycles. The van der Waals surface area contributed by atoms with Crippen LogP contribution in [-0.4, -0.2) is 286 Å². The zero-order valence-corrected chi connectivity index (χ0v) is 60.5. The van der Waals surface area contributed by atoms with Crippen molar-refractivity contribution < 1.29 is 149 Å². The summed E-state index contributed by atoms with van der Waals surface area (Å²) in [5, 5.41) is 82.9. The Balaban J connectivity index is 1.54. The Labute approximate surface area is 566 Å². The predicted octanol–water partition coefficient (Wildman–Crippen LogP) is 0.989. The lowest BCUT2D eigenvalue weighted by Gasteiger charge is -2.42. The lowest BCUT2D eigenvalue weighted by molar-refractivity contribution is -0.282. The number of ether oxygens (including phenoxy) is 10. The summed E-state index contributed by atoms with van der Waals surface area (Å²) in [5.74, 6) is -1.58. The molecule has 93 heavy (non-hydrogen) atoms. The van der Waals surface area contributed by atoms with Crippen molar-refractivity contribution in [3.8, 4) is 0 Å². The number of unbranched alkanes of at least 4 members (excludes halogenated alkanes) is 3. The van der Waals surface area contributed by atoms with Crippen LogP contribution >= 0.6 is 26.9 Å². The van der Waals surface area contributed by atoms with E-state index in [1.165, 1.54) is 14.0 Å². The third-order valence-corrected chi connectivity index (χ3v) is 21.5. The molecule has 0 spiro atoms. The number of nitrogens with one attached hydrogen (secondary N) is 1. The zero-order valence-electron chi connectivity index (χ0n) is 53.6. The summed E-state index contributed by atoms with van der Waals surface area (Å²) in [4.78, 5) is 54.0. The molecule has 32 nitrogen and oxygen atoms in total. The molecule has 11 unspecified atom stereocenters. The molecule has 3 fully saturated rings. The maximum atomic E-state index is 11.7. The van der Waals surface area contributed by atoms with E-state index in [2.05, 4.69) is 5.32 Å². The van der Waals surface area contributed by atoms with Gasteiger partial charge in [0.15, 0.2) is 18.9 Å². The lowest BCUT2D eigenvalue weighted by Crippen LogP contribution is -2.64. The maximum absolute atomic E-state index is 11.7. The van der Waals surface area contributed by atoms with Crippen molar-refractivity contribution in [2.24, 2.45) is 23.2 Å². The average molecular weight is 1500 g/mol. The van der Waals surface area contributed by atoms with Gasteiger partial charge >= 0.3 is 26.9 Å². The highest BCUT2D eigenvalue weighted by molar-refractivity contribution is 8.08. The first-order chi connectivity index (χ1) is 44.1. The van der Waals surface area contributed by atoms with Gasteiger partial charge in [-0.05, 0) is 111 Å². The fourth-order valence-electron chi connectivity index (χ4n) is 9.39. The normalized spacial score (nSPS) is 30.2. The van der Waals surface area contributed by atoms with Crippen molar-refractivity contribution in [1.29, 1.82) is 0 Å². The number of rotatable bonds is 54. The molecule has 1 amide bonds. The number of carbonyl (C=O) groups is 1. The van der Waals surface area contributed by atoms with E-state index in [4.69, 9.17) is 131 Å². The largest absolute Gasteiger partial charge is 0.394 e. The maximum Gasteiger partial charge on any atom is 0.324 e. The molecule has 0 bridgehead atoms. The average Bonchev–Trinajstić information content (AvgIpc) is 1.06. The van der Waals surface area contributed by atoms with Gasteiger partial charge in [0, 0.05) is 78.0 Å². The number of aliphatic hydroxyl groups is 8. The Kier molecular flexibility index (Phi) is 44.7. The fourth-order valence-corrected chi connectivity index (χ4v) is 13.8. The van der Waals surface area contributed by atoms with E-state index in [9.17, 15) is 65.2 Å². The van der Waals surface area contributed by atoms with Crippen LogP contribution in [0.2, 0.25) is 0 Å². The molecule has 3 saturated heterocycles. The highest BCUT2D eigenvalue weighted by Crippen LogP contribution is 2.46. The molecule has 0 aromatic carbocycles. The standard InChI is InChI=1S/C53H105NO31P4S4/c1-37-41(30-55)83-50(38(2)45(37)59)73-20-6-9-23-77-87(65,91)80-27-13-17-70-34-53(33-69-16-12-26-76-86(64,90)68-5,35-71-18-14-28-81-88(66,92)78-24-10-7-21-74-51-39(3)46(60)47(61)42(31-56)84-51)36-72-19-15-29-82-89(67,93)79-25-11-8-22-75-52-44(54-40(4)58)49(63)48(62)43(32-57)85-52/h37-39,41-52,55-57,59-63H,6-36H2,1-5H3,(H,54,58)(H,64,90)(H,65,91)(H,66,92)(H,67,93)/t37-,38?,39?,41?,42?,43?,44?,45-,46+,47-,48-,49+,50+,51+,52+,53?,86?,87?,88?,89?/m0/s1. The van der Waals surface area contributed by atoms with Crippen molar-refractivity contribution in [2.45, 2.75) is 166 Å². The SMILES string of the molecule is COP(O)(=S)OCCCOCC(COCCCOP(O)(=S)OCCCCO[C@@H]1OC(CO)[C@H](C)[C@H](O)C1C)(COCCCOP(O)(=S)OCCCCO[C@@H]1OC(CO)[C@H](O)[C@H](O)C1C)COCCCOP(O)(=S)OCCCCO[C@@H]1OC(CO)[C@H](O)[C@H](O)C1NC(C)=O. The van der Waals surface area contributed by atoms with E-state index < -0.39 is 131 Å². The van der Waals surface area contributed by atoms with Gasteiger partial charge in [-0.15, -0.1) is 0 Å².